The van der Waals surface area contributed by atoms with Crippen LogP contribution in [-0.2, 0) is 20.7 Å². The SMILES string of the molecule is CN1C(=O)C2(CC(c3cccc(Cl)c3)Oc3ccc(Br)cc32)N=C1N.CSC1=NC2(CC(c3cccc(Cl)c3)Oc3ccc(Br)cc32)C(=O)N1C. The van der Waals surface area contributed by atoms with Crippen molar-refractivity contribution >= 4 is 89.8 Å². The molecule has 2 spiro atoms. The predicted molar refractivity (Wildman–Crippen MR) is 209 cm³/mol. The zero-order valence-corrected chi connectivity index (χ0v) is 33.1. The number of ether oxygens (including phenoxy) is 2. The fourth-order valence-electron chi connectivity index (χ4n) is 6.94. The Labute approximate surface area is 326 Å². The monoisotopic (exact) mass is 869 g/mol. The largest absolute Gasteiger partial charge is 0.485 e. The van der Waals surface area contributed by atoms with E-state index in [2.05, 4.69) is 36.9 Å². The number of thioether (sulfide) groups is 1. The fraction of sp³-hybridized carbons (Fsp3) is 0.243. The molecule has 4 atom stereocenters. The summed E-state index contributed by atoms with van der Waals surface area (Å²) in [7, 11) is 3.41. The minimum Gasteiger partial charge on any atom is -0.485 e. The summed E-state index contributed by atoms with van der Waals surface area (Å²) >= 11 is 20.7. The van der Waals surface area contributed by atoms with Gasteiger partial charge in [-0.15, -0.1) is 0 Å². The topological polar surface area (TPSA) is 110 Å². The van der Waals surface area contributed by atoms with Crippen molar-refractivity contribution in [1.29, 1.82) is 0 Å². The molecular weight excluding hydrogens is 841 g/mol. The second-order valence-electron chi connectivity index (χ2n) is 12.5. The normalized spacial score (nSPS) is 24.7. The molecule has 0 saturated carbocycles. The molecule has 0 fully saturated rings. The average Bonchev–Trinajstić information content (AvgIpc) is 3.48. The van der Waals surface area contributed by atoms with Gasteiger partial charge in [0.2, 0.25) is 0 Å². The van der Waals surface area contributed by atoms with Gasteiger partial charge in [-0.05, 0) is 78.0 Å². The number of amides is 2. The summed E-state index contributed by atoms with van der Waals surface area (Å²) < 4.78 is 14.2. The number of aliphatic imine (C=N–C) groups is 2. The van der Waals surface area contributed by atoms with E-state index >= 15 is 0 Å². The van der Waals surface area contributed by atoms with Crippen molar-refractivity contribution in [3.63, 3.8) is 0 Å². The smallest absolute Gasteiger partial charge is 0.261 e. The Morgan fingerprint density at radius 3 is 1.63 bits per heavy atom. The van der Waals surface area contributed by atoms with Crippen molar-refractivity contribution in [1.82, 2.24) is 9.80 Å². The van der Waals surface area contributed by atoms with Gasteiger partial charge in [0.1, 0.15) is 23.7 Å². The zero-order chi connectivity index (χ0) is 36.2. The van der Waals surface area contributed by atoms with Crippen LogP contribution in [0, 0.1) is 0 Å². The molecule has 2 N–H and O–H groups in total. The molecule has 8 rings (SSSR count). The van der Waals surface area contributed by atoms with Crippen LogP contribution in [0.15, 0.2) is 104 Å². The first-order valence-electron chi connectivity index (χ1n) is 15.8. The molecule has 0 aromatic heterocycles. The lowest BCUT2D eigenvalue weighted by Gasteiger charge is -2.37. The predicted octanol–water partition coefficient (Wildman–Crippen LogP) is 8.62. The van der Waals surface area contributed by atoms with Gasteiger partial charge < -0.3 is 15.2 Å². The van der Waals surface area contributed by atoms with Gasteiger partial charge in [0.15, 0.2) is 22.2 Å². The van der Waals surface area contributed by atoms with E-state index in [0.717, 1.165) is 31.2 Å². The summed E-state index contributed by atoms with van der Waals surface area (Å²) in [6, 6.07) is 26.3. The summed E-state index contributed by atoms with van der Waals surface area (Å²) in [6.45, 7) is 0. The van der Waals surface area contributed by atoms with Gasteiger partial charge in [-0.2, -0.15) is 0 Å². The molecule has 0 saturated heterocycles. The van der Waals surface area contributed by atoms with Crippen LogP contribution in [-0.4, -0.2) is 53.1 Å². The highest BCUT2D eigenvalue weighted by Gasteiger charge is 2.55. The maximum absolute atomic E-state index is 13.3. The maximum Gasteiger partial charge on any atom is 0.261 e. The van der Waals surface area contributed by atoms with Crippen LogP contribution in [0.5, 0.6) is 11.5 Å². The Bertz CT molecular complexity index is 2150. The van der Waals surface area contributed by atoms with E-state index in [0.29, 0.717) is 39.6 Å². The van der Waals surface area contributed by atoms with Crippen molar-refractivity contribution in [2.45, 2.75) is 36.1 Å². The van der Waals surface area contributed by atoms with Crippen molar-refractivity contribution in [2.75, 3.05) is 20.4 Å². The number of halogens is 4. The maximum atomic E-state index is 13.3. The molecule has 0 aliphatic carbocycles. The highest BCUT2D eigenvalue weighted by Crippen LogP contribution is 2.52. The van der Waals surface area contributed by atoms with Crippen LogP contribution in [0.4, 0.5) is 0 Å². The minimum atomic E-state index is -1.08. The molecule has 4 aliphatic rings. The van der Waals surface area contributed by atoms with Crippen molar-refractivity contribution in [3.8, 4) is 11.5 Å². The van der Waals surface area contributed by atoms with E-state index < -0.39 is 11.1 Å². The standard InChI is InChI=1S/C19H16BrClN2O2S.C18H15BrClN3O2/c1-23-17(24)19(22-18(23)26-2)10-16(11-4-3-5-13(21)8-11)25-15-7-6-12(20)9-14(15)19;1-23-16(24)18(22-17(23)21)9-15(10-3-2-4-12(20)7-10)25-14-6-5-11(19)8-13(14)18/h3-9,16H,10H2,1-2H3;2-8,15H,9H2,1H3,(H2,21,22). The van der Waals surface area contributed by atoms with Crippen molar-refractivity contribution < 1.29 is 19.1 Å². The number of hydrogen-bond acceptors (Lipinski definition) is 8. The quantitative estimate of drug-likeness (QED) is 0.216. The number of fused-ring (bicyclic) bond motifs is 4. The number of nitrogens with zero attached hydrogens (tertiary/aromatic N) is 4. The number of carbonyl (C=O) groups is 2. The molecule has 4 aromatic rings. The zero-order valence-electron chi connectivity index (χ0n) is 27.6. The Morgan fingerprint density at radius 1 is 0.745 bits per heavy atom. The number of hydrogen-bond donors (Lipinski definition) is 1. The lowest BCUT2D eigenvalue weighted by Crippen LogP contribution is -2.43. The molecule has 51 heavy (non-hydrogen) atoms. The summed E-state index contributed by atoms with van der Waals surface area (Å²) in [5.41, 5.74) is 7.26. The van der Waals surface area contributed by atoms with Crippen molar-refractivity contribution in [2.24, 2.45) is 15.7 Å². The Morgan fingerprint density at radius 2 is 1.22 bits per heavy atom. The third kappa shape index (κ3) is 6.33. The van der Waals surface area contributed by atoms with Gasteiger partial charge in [-0.3, -0.25) is 19.4 Å². The summed E-state index contributed by atoms with van der Waals surface area (Å²) in [6.07, 6.45) is 2.08. The first kappa shape index (κ1) is 35.8. The molecule has 2 amide bonds. The van der Waals surface area contributed by atoms with Gasteiger partial charge in [0.25, 0.3) is 11.8 Å². The van der Waals surface area contributed by atoms with Crippen LogP contribution in [0.25, 0.3) is 0 Å². The number of carbonyl (C=O) groups excluding carboxylic acids is 2. The van der Waals surface area contributed by atoms with Gasteiger partial charge >= 0.3 is 0 Å². The summed E-state index contributed by atoms with van der Waals surface area (Å²) in [5.74, 6) is 1.33. The van der Waals surface area contributed by atoms with Crippen LogP contribution < -0.4 is 15.2 Å². The first-order valence-corrected chi connectivity index (χ1v) is 19.4. The molecule has 14 heteroatoms. The second-order valence-corrected chi connectivity index (χ2v) is 16.0. The number of likely N-dealkylation sites (N-methyl/N-ethyl adjacent to an activating group) is 2. The summed E-state index contributed by atoms with van der Waals surface area (Å²) in [5, 5.41) is 1.98. The molecule has 4 unspecified atom stereocenters. The third-order valence-electron chi connectivity index (χ3n) is 9.44. The lowest BCUT2D eigenvalue weighted by molar-refractivity contribution is -0.133. The molecule has 9 nitrogen and oxygen atoms in total. The Hall–Kier alpha value is -3.55. The average molecular weight is 872 g/mol. The summed E-state index contributed by atoms with van der Waals surface area (Å²) in [4.78, 5) is 38.8. The van der Waals surface area contributed by atoms with E-state index in [1.165, 1.54) is 16.7 Å². The first-order chi connectivity index (χ1) is 24.3. The van der Waals surface area contributed by atoms with E-state index in [-0.39, 0.29) is 30.0 Å². The molecule has 0 radical (unpaired) electrons. The van der Waals surface area contributed by atoms with Crippen molar-refractivity contribution in [3.05, 3.63) is 126 Å². The number of amidine groups is 1. The van der Waals surface area contributed by atoms with E-state index in [1.807, 2.05) is 85.1 Å². The van der Waals surface area contributed by atoms with E-state index in [9.17, 15) is 9.59 Å². The minimum absolute atomic E-state index is 0.0310. The van der Waals surface area contributed by atoms with Crippen LogP contribution in [0.1, 0.15) is 47.3 Å². The molecule has 4 aliphatic heterocycles. The Kier molecular flexibility index (Phi) is 9.68. The lowest BCUT2D eigenvalue weighted by atomic mass is 9.80. The number of benzene rings is 4. The highest BCUT2D eigenvalue weighted by molar-refractivity contribution is 9.10. The number of nitrogens with two attached hydrogens (primary N) is 1. The molecular formula is C37H31Br2Cl2N5O4S. The van der Waals surface area contributed by atoms with Gasteiger partial charge in [-0.1, -0.05) is 91.1 Å². The Balaban J connectivity index is 0.000000159. The van der Waals surface area contributed by atoms with Crippen LogP contribution >= 0.6 is 66.8 Å². The molecule has 262 valence electrons. The molecule has 0 bridgehead atoms. The number of guanidine groups is 1. The van der Waals surface area contributed by atoms with Crippen LogP contribution in [0.3, 0.4) is 0 Å². The van der Waals surface area contributed by atoms with Gasteiger partial charge in [0, 0.05) is 57.1 Å². The van der Waals surface area contributed by atoms with E-state index in [1.54, 1.807) is 25.1 Å². The van der Waals surface area contributed by atoms with Crippen LogP contribution in [0.2, 0.25) is 10.0 Å². The van der Waals surface area contributed by atoms with Gasteiger partial charge in [0.05, 0.1) is 0 Å². The number of rotatable bonds is 2. The van der Waals surface area contributed by atoms with E-state index in [4.69, 9.17) is 43.4 Å². The fourth-order valence-corrected chi connectivity index (χ4v) is 8.66. The third-order valence-corrected chi connectivity index (χ3v) is 11.6. The van der Waals surface area contributed by atoms with Gasteiger partial charge in [-0.25, -0.2) is 9.98 Å². The molecule has 4 aromatic carbocycles. The second kappa shape index (κ2) is 13.8. The highest BCUT2D eigenvalue weighted by atomic mass is 79.9. The molecule has 4 heterocycles.